The lowest BCUT2D eigenvalue weighted by Gasteiger charge is -2.24. The van der Waals surface area contributed by atoms with E-state index in [0.717, 1.165) is 47.5 Å². The smallest absolute Gasteiger partial charge is 0.253 e. The molecule has 2 aromatic carbocycles. The van der Waals surface area contributed by atoms with Crippen molar-refractivity contribution in [3.05, 3.63) is 66.4 Å². The van der Waals surface area contributed by atoms with E-state index in [9.17, 15) is 4.79 Å². The maximum Gasteiger partial charge on any atom is 0.253 e. The molecule has 1 amide bonds. The van der Waals surface area contributed by atoms with Crippen molar-refractivity contribution in [2.45, 2.75) is 12.5 Å². The van der Waals surface area contributed by atoms with Gasteiger partial charge in [0.1, 0.15) is 5.69 Å². The van der Waals surface area contributed by atoms with Crippen LogP contribution in [0.5, 0.6) is 0 Å². The van der Waals surface area contributed by atoms with E-state index >= 15 is 0 Å². The van der Waals surface area contributed by atoms with Crippen LogP contribution in [0.4, 0.5) is 0 Å². The Hall–Kier alpha value is -2.92. The van der Waals surface area contributed by atoms with Gasteiger partial charge >= 0.3 is 0 Å². The SMILES string of the molecule is CN1CC[C@@H](N(C)C(=O)c2ccc(-c3cn(C)nc3-c3ccccc3)cc2)C1. The van der Waals surface area contributed by atoms with Crippen LogP contribution in [0, 0.1) is 0 Å². The molecule has 0 saturated carbocycles. The standard InChI is InChI=1S/C23H26N4O/c1-25-14-13-20(15-25)27(3)23(28)19-11-9-17(10-12-19)21-16-26(2)24-22(21)18-7-5-4-6-8-18/h4-12,16,20H,13-15H2,1-3H3/t20-/m1/s1. The number of carbonyl (C=O) groups excluding carboxylic acids is 1. The zero-order valence-corrected chi connectivity index (χ0v) is 16.7. The zero-order valence-electron chi connectivity index (χ0n) is 16.7. The van der Waals surface area contributed by atoms with Crippen LogP contribution in [0.3, 0.4) is 0 Å². The van der Waals surface area contributed by atoms with Gasteiger partial charge < -0.3 is 9.80 Å². The van der Waals surface area contributed by atoms with Gasteiger partial charge in [-0.1, -0.05) is 42.5 Å². The summed E-state index contributed by atoms with van der Waals surface area (Å²) < 4.78 is 1.83. The van der Waals surface area contributed by atoms with Crippen LogP contribution in [0.25, 0.3) is 22.4 Å². The minimum atomic E-state index is 0.0846. The molecule has 1 saturated heterocycles. The van der Waals surface area contributed by atoms with Crippen LogP contribution in [-0.2, 0) is 7.05 Å². The Kier molecular flexibility index (Phi) is 5.01. The molecule has 1 aliphatic rings. The third-order valence-electron chi connectivity index (χ3n) is 5.55. The first-order valence-electron chi connectivity index (χ1n) is 9.68. The van der Waals surface area contributed by atoms with Crippen molar-refractivity contribution in [2.24, 2.45) is 7.05 Å². The van der Waals surface area contributed by atoms with E-state index in [0.29, 0.717) is 6.04 Å². The minimum Gasteiger partial charge on any atom is -0.337 e. The van der Waals surface area contributed by atoms with Crippen molar-refractivity contribution in [1.29, 1.82) is 0 Å². The zero-order chi connectivity index (χ0) is 19.7. The average molecular weight is 374 g/mol. The fourth-order valence-electron chi connectivity index (χ4n) is 3.90. The lowest BCUT2D eigenvalue weighted by Crippen LogP contribution is -2.38. The lowest BCUT2D eigenvalue weighted by molar-refractivity contribution is 0.0737. The second kappa shape index (κ2) is 7.60. The molecular weight excluding hydrogens is 348 g/mol. The summed E-state index contributed by atoms with van der Waals surface area (Å²) in [7, 11) is 5.95. The molecule has 0 bridgehead atoms. The molecule has 0 unspecified atom stereocenters. The van der Waals surface area contributed by atoms with E-state index in [-0.39, 0.29) is 5.91 Å². The van der Waals surface area contributed by atoms with Crippen molar-refractivity contribution in [2.75, 3.05) is 27.2 Å². The number of carbonyl (C=O) groups is 1. The fourth-order valence-corrected chi connectivity index (χ4v) is 3.90. The molecule has 3 aromatic rings. The maximum absolute atomic E-state index is 12.9. The quantitative estimate of drug-likeness (QED) is 0.702. The number of aryl methyl sites for hydroxylation is 1. The van der Waals surface area contributed by atoms with E-state index in [4.69, 9.17) is 0 Å². The molecule has 4 rings (SSSR count). The number of aromatic nitrogens is 2. The summed E-state index contributed by atoms with van der Waals surface area (Å²) >= 11 is 0. The summed E-state index contributed by atoms with van der Waals surface area (Å²) in [5, 5.41) is 4.64. The van der Waals surface area contributed by atoms with Gasteiger partial charge in [0.2, 0.25) is 0 Å². The molecule has 2 heterocycles. The van der Waals surface area contributed by atoms with Crippen LogP contribution in [-0.4, -0.2) is 58.7 Å². The molecule has 0 spiro atoms. The predicted octanol–water partition coefficient (Wildman–Crippen LogP) is 3.53. The van der Waals surface area contributed by atoms with Gasteiger partial charge in [0.25, 0.3) is 5.91 Å². The summed E-state index contributed by atoms with van der Waals surface area (Å²) in [4.78, 5) is 17.0. The minimum absolute atomic E-state index is 0.0846. The van der Waals surface area contributed by atoms with Gasteiger partial charge in [-0.25, -0.2) is 0 Å². The van der Waals surface area contributed by atoms with Crippen molar-refractivity contribution in [3.8, 4) is 22.4 Å². The number of nitrogens with zero attached hydrogens (tertiary/aromatic N) is 4. The first-order valence-corrected chi connectivity index (χ1v) is 9.68. The molecule has 0 N–H and O–H groups in total. The second-order valence-electron chi connectivity index (χ2n) is 7.63. The number of likely N-dealkylation sites (N-methyl/N-ethyl adjacent to an activating group) is 2. The van der Waals surface area contributed by atoms with Gasteiger partial charge in [-0.05, 0) is 37.7 Å². The fraction of sp³-hybridized carbons (Fsp3) is 0.304. The summed E-state index contributed by atoms with van der Waals surface area (Å²) in [6.45, 7) is 1.99. The van der Waals surface area contributed by atoms with Gasteiger partial charge in [0, 0.05) is 49.6 Å². The third kappa shape index (κ3) is 3.58. The number of rotatable bonds is 4. The highest BCUT2D eigenvalue weighted by Gasteiger charge is 2.27. The Morgan fingerprint density at radius 2 is 1.75 bits per heavy atom. The molecule has 1 fully saturated rings. The Morgan fingerprint density at radius 1 is 1.04 bits per heavy atom. The van der Waals surface area contributed by atoms with Crippen LogP contribution >= 0.6 is 0 Å². The van der Waals surface area contributed by atoms with Crippen molar-refractivity contribution < 1.29 is 4.79 Å². The van der Waals surface area contributed by atoms with Crippen LogP contribution in [0.15, 0.2) is 60.8 Å². The Bertz CT molecular complexity index is 962. The van der Waals surface area contributed by atoms with Gasteiger partial charge in [-0.15, -0.1) is 0 Å². The summed E-state index contributed by atoms with van der Waals surface area (Å²) in [5.41, 5.74) is 4.90. The van der Waals surface area contributed by atoms with Gasteiger partial charge in [-0.2, -0.15) is 5.10 Å². The Morgan fingerprint density at radius 3 is 2.39 bits per heavy atom. The molecule has 5 nitrogen and oxygen atoms in total. The van der Waals surface area contributed by atoms with E-state index < -0.39 is 0 Å². The van der Waals surface area contributed by atoms with Crippen molar-refractivity contribution >= 4 is 5.91 Å². The second-order valence-corrected chi connectivity index (χ2v) is 7.63. The molecule has 144 valence electrons. The van der Waals surface area contributed by atoms with Gasteiger partial charge in [-0.3, -0.25) is 9.48 Å². The van der Waals surface area contributed by atoms with E-state index in [1.54, 1.807) is 0 Å². The number of hydrogen-bond donors (Lipinski definition) is 0. The maximum atomic E-state index is 12.9. The van der Waals surface area contributed by atoms with Gasteiger partial charge in [0.05, 0.1) is 0 Å². The van der Waals surface area contributed by atoms with E-state index in [1.165, 1.54) is 0 Å². The summed E-state index contributed by atoms with van der Waals surface area (Å²) in [6.07, 6.45) is 3.06. The highest BCUT2D eigenvalue weighted by molar-refractivity contribution is 5.95. The average Bonchev–Trinajstić information content (AvgIpc) is 3.33. The van der Waals surface area contributed by atoms with Gasteiger partial charge in [0.15, 0.2) is 0 Å². The molecule has 1 aliphatic heterocycles. The lowest BCUT2D eigenvalue weighted by atomic mass is 10.0. The molecule has 1 aromatic heterocycles. The molecule has 0 radical (unpaired) electrons. The largest absolute Gasteiger partial charge is 0.337 e. The predicted molar refractivity (Wildman–Crippen MR) is 112 cm³/mol. The highest BCUT2D eigenvalue weighted by Crippen LogP contribution is 2.31. The number of benzene rings is 2. The topological polar surface area (TPSA) is 41.4 Å². The Labute approximate surface area is 166 Å². The number of hydrogen-bond acceptors (Lipinski definition) is 3. The van der Waals surface area contributed by atoms with E-state index in [1.807, 2.05) is 72.3 Å². The number of amides is 1. The Balaban J connectivity index is 1.58. The van der Waals surface area contributed by atoms with Crippen LogP contribution in [0.2, 0.25) is 0 Å². The molecule has 5 heteroatoms. The molecular formula is C23H26N4O. The van der Waals surface area contributed by atoms with Crippen molar-refractivity contribution in [1.82, 2.24) is 19.6 Å². The monoisotopic (exact) mass is 374 g/mol. The highest BCUT2D eigenvalue weighted by atomic mass is 16.2. The number of likely N-dealkylation sites (tertiary alicyclic amines) is 1. The third-order valence-corrected chi connectivity index (χ3v) is 5.55. The first-order chi connectivity index (χ1) is 13.5. The van der Waals surface area contributed by atoms with E-state index in [2.05, 4.69) is 29.2 Å². The summed E-state index contributed by atoms with van der Waals surface area (Å²) in [6, 6.07) is 18.4. The molecule has 0 aliphatic carbocycles. The van der Waals surface area contributed by atoms with Crippen LogP contribution < -0.4 is 0 Å². The normalized spacial score (nSPS) is 17.0. The first kappa shape index (κ1) is 18.4. The summed E-state index contributed by atoms with van der Waals surface area (Å²) in [5.74, 6) is 0.0846. The van der Waals surface area contributed by atoms with Crippen molar-refractivity contribution in [3.63, 3.8) is 0 Å². The molecule has 1 atom stereocenters. The molecule has 28 heavy (non-hydrogen) atoms. The van der Waals surface area contributed by atoms with Crippen LogP contribution in [0.1, 0.15) is 16.8 Å².